The first-order chi connectivity index (χ1) is 10.7. The molecule has 0 aliphatic heterocycles. The molecular weight excluding hydrogens is 296 g/mol. The highest BCUT2D eigenvalue weighted by Crippen LogP contribution is 2.33. The van der Waals surface area contributed by atoms with Gasteiger partial charge < -0.3 is 10.9 Å². The van der Waals surface area contributed by atoms with Gasteiger partial charge in [-0.2, -0.15) is 0 Å². The van der Waals surface area contributed by atoms with Crippen LogP contribution in [0.5, 0.6) is 0 Å². The summed E-state index contributed by atoms with van der Waals surface area (Å²) in [7, 11) is 0. The van der Waals surface area contributed by atoms with Gasteiger partial charge in [-0.05, 0) is 18.6 Å². The van der Waals surface area contributed by atoms with E-state index in [0.29, 0.717) is 10.6 Å². The van der Waals surface area contributed by atoms with Gasteiger partial charge in [0.1, 0.15) is 15.6 Å². The molecule has 6 heteroatoms. The van der Waals surface area contributed by atoms with E-state index in [1.54, 1.807) is 6.20 Å². The summed E-state index contributed by atoms with van der Waals surface area (Å²) in [5.74, 6) is 0.0520. The number of hydrogen-bond acceptors (Lipinski definition) is 5. The number of thiazole rings is 1. The molecule has 0 aliphatic carbocycles. The van der Waals surface area contributed by atoms with Gasteiger partial charge in [0.05, 0.1) is 5.69 Å². The van der Waals surface area contributed by atoms with Crippen LogP contribution in [0.25, 0.3) is 22.0 Å². The second-order valence-electron chi connectivity index (χ2n) is 4.72. The molecule has 0 saturated carbocycles. The van der Waals surface area contributed by atoms with Crippen molar-refractivity contribution in [3.05, 3.63) is 59.1 Å². The molecule has 3 N–H and O–H groups in total. The third-order valence-corrected chi connectivity index (χ3v) is 4.31. The van der Waals surface area contributed by atoms with Crippen molar-refractivity contribution in [1.29, 1.82) is 0 Å². The molecule has 0 radical (unpaired) electrons. The molecule has 0 fully saturated rings. The summed E-state index contributed by atoms with van der Waals surface area (Å²) in [5, 5.41) is 12.9. The van der Waals surface area contributed by atoms with Gasteiger partial charge in [0.2, 0.25) is 0 Å². The first-order valence-corrected chi connectivity index (χ1v) is 7.48. The molecule has 0 saturated heterocycles. The monoisotopic (exact) mass is 310 g/mol. The zero-order valence-electron chi connectivity index (χ0n) is 11.9. The summed E-state index contributed by atoms with van der Waals surface area (Å²) in [4.78, 5) is 9.68. The van der Waals surface area contributed by atoms with Gasteiger partial charge in [-0.15, -0.1) is 11.3 Å². The molecule has 0 amide bonds. The maximum absolute atomic E-state index is 9.02. The topological polar surface area (TPSA) is 84.4 Å². The molecule has 0 aliphatic rings. The Morgan fingerprint density at radius 3 is 2.59 bits per heavy atom. The van der Waals surface area contributed by atoms with Crippen molar-refractivity contribution in [3.63, 3.8) is 0 Å². The van der Waals surface area contributed by atoms with Gasteiger partial charge >= 0.3 is 0 Å². The van der Waals surface area contributed by atoms with Crippen molar-refractivity contribution >= 4 is 17.2 Å². The number of nitrogens with zero attached hydrogens (tertiary/aromatic N) is 3. The normalized spacial score (nSPS) is 11.6. The smallest absolute Gasteiger partial charge is 0.182 e. The second-order valence-corrected chi connectivity index (χ2v) is 5.72. The van der Waals surface area contributed by atoms with Crippen molar-refractivity contribution in [3.8, 4) is 22.0 Å². The minimum atomic E-state index is 0.0520. The number of hydrogen-bond donors (Lipinski definition) is 2. The van der Waals surface area contributed by atoms with E-state index < -0.39 is 0 Å². The Labute approximate surface area is 131 Å². The van der Waals surface area contributed by atoms with Crippen LogP contribution in [0, 0.1) is 6.92 Å². The largest absolute Gasteiger partial charge is 0.409 e. The summed E-state index contributed by atoms with van der Waals surface area (Å²) < 4.78 is 0. The van der Waals surface area contributed by atoms with Crippen LogP contribution in [0.2, 0.25) is 0 Å². The van der Waals surface area contributed by atoms with E-state index in [4.69, 9.17) is 10.9 Å². The first kappa shape index (κ1) is 14.2. The van der Waals surface area contributed by atoms with Crippen LogP contribution < -0.4 is 5.73 Å². The molecule has 3 rings (SSSR count). The fourth-order valence-electron chi connectivity index (χ4n) is 2.14. The highest BCUT2D eigenvalue weighted by molar-refractivity contribution is 7.17. The number of aryl methyl sites for hydroxylation is 1. The SMILES string of the molecule is Cc1cccnc1-c1nc(-c2ccccc2)c(/C(N)=N\O)s1. The van der Waals surface area contributed by atoms with Gasteiger partial charge in [-0.25, -0.2) is 4.98 Å². The number of pyridine rings is 1. The molecular formula is C16H14N4OS. The molecule has 3 aromatic rings. The van der Waals surface area contributed by atoms with E-state index in [1.807, 2.05) is 49.4 Å². The molecule has 0 atom stereocenters. The van der Waals surface area contributed by atoms with E-state index in [1.165, 1.54) is 11.3 Å². The van der Waals surface area contributed by atoms with Crippen LogP contribution in [0.4, 0.5) is 0 Å². The minimum Gasteiger partial charge on any atom is -0.409 e. The first-order valence-electron chi connectivity index (χ1n) is 6.67. The number of rotatable bonds is 3. The quantitative estimate of drug-likeness (QED) is 0.336. The molecule has 1 aromatic carbocycles. The molecule has 2 heterocycles. The highest BCUT2D eigenvalue weighted by Gasteiger charge is 2.18. The van der Waals surface area contributed by atoms with Gasteiger partial charge in [0, 0.05) is 11.8 Å². The molecule has 22 heavy (non-hydrogen) atoms. The van der Waals surface area contributed by atoms with Gasteiger partial charge in [-0.1, -0.05) is 41.6 Å². The third kappa shape index (κ3) is 2.56. The summed E-state index contributed by atoms with van der Waals surface area (Å²) >= 11 is 1.36. The molecule has 0 bridgehead atoms. The minimum absolute atomic E-state index is 0.0520. The zero-order chi connectivity index (χ0) is 15.5. The van der Waals surface area contributed by atoms with Crippen molar-refractivity contribution in [2.75, 3.05) is 0 Å². The van der Waals surface area contributed by atoms with Gasteiger partial charge in [0.15, 0.2) is 5.84 Å². The van der Waals surface area contributed by atoms with Crippen LogP contribution in [-0.2, 0) is 0 Å². The van der Waals surface area contributed by atoms with E-state index in [0.717, 1.165) is 21.8 Å². The average molecular weight is 310 g/mol. The lowest BCUT2D eigenvalue weighted by Crippen LogP contribution is -2.12. The lowest BCUT2D eigenvalue weighted by atomic mass is 10.1. The Kier molecular flexibility index (Phi) is 3.84. The third-order valence-electron chi connectivity index (χ3n) is 3.23. The van der Waals surface area contributed by atoms with Crippen molar-refractivity contribution < 1.29 is 5.21 Å². The maximum atomic E-state index is 9.02. The maximum Gasteiger partial charge on any atom is 0.182 e. The van der Waals surface area contributed by atoms with Gasteiger partial charge in [-0.3, -0.25) is 4.98 Å². The second kappa shape index (κ2) is 5.95. The van der Waals surface area contributed by atoms with E-state index >= 15 is 0 Å². The summed E-state index contributed by atoms with van der Waals surface area (Å²) in [6, 6.07) is 13.5. The zero-order valence-corrected chi connectivity index (χ0v) is 12.7. The van der Waals surface area contributed by atoms with Crippen molar-refractivity contribution in [2.24, 2.45) is 10.9 Å². The van der Waals surface area contributed by atoms with Crippen molar-refractivity contribution in [2.45, 2.75) is 6.92 Å². The summed E-state index contributed by atoms with van der Waals surface area (Å²) in [6.45, 7) is 1.98. The highest BCUT2D eigenvalue weighted by atomic mass is 32.1. The summed E-state index contributed by atoms with van der Waals surface area (Å²) in [6.07, 6.45) is 1.73. The molecule has 110 valence electrons. The Morgan fingerprint density at radius 2 is 1.91 bits per heavy atom. The molecule has 5 nitrogen and oxygen atoms in total. The van der Waals surface area contributed by atoms with Crippen LogP contribution in [-0.4, -0.2) is 21.0 Å². The van der Waals surface area contributed by atoms with Gasteiger partial charge in [0.25, 0.3) is 0 Å². The molecule has 0 spiro atoms. The predicted molar refractivity (Wildman–Crippen MR) is 88.0 cm³/mol. The average Bonchev–Trinajstić information content (AvgIpc) is 3.00. The predicted octanol–water partition coefficient (Wildman–Crippen LogP) is 3.28. The number of nitrogens with two attached hydrogens (primary N) is 1. The Balaban J connectivity index is 2.20. The number of benzene rings is 1. The number of aromatic nitrogens is 2. The standard InChI is InChI=1S/C16H14N4OS/c1-10-6-5-9-18-12(10)16-19-13(11-7-3-2-4-8-11)14(22-16)15(17)20-21/h2-9,21H,1H3,(H2,17,20). The molecule has 0 unspecified atom stereocenters. The Hall–Kier alpha value is -2.73. The van der Waals surface area contributed by atoms with E-state index in [9.17, 15) is 0 Å². The lowest BCUT2D eigenvalue weighted by Gasteiger charge is -2.00. The van der Waals surface area contributed by atoms with E-state index in [-0.39, 0.29) is 5.84 Å². The fourth-order valence-corrected chi connectivity index (χ4v) is 3.19. The van der Waals surface area contributed by atoms with E-state index in [2.05, 4.69) is 15.1 Å². The lowest BCUT2D eigenvalue weighted by molar-refractivity contribution is 0.319. The Morgan fingerprint density at radius 1 is 1.14 bits per heavy atom. The van der Waals surface area contributed by atoms with Crippen molar-refractivity contribution in [1.82, 2.24) is 9.97 Å². The van der Waals surface area contributed by atoms with Crippen LogP contribution in [0.15, 0.2) is 53.8 Å². The van der Waals surface area contributed by atoms with Crippen LogP contribution >= 0.6 is 11.3 Å². The molecule has 2 aromatic heterocycles. The summed E-state index contributed by atoms with van der Waals surface area (Å²) in [5.41, 5.74) is 9.26. The van der Waals surface area contributed by atoms with Crippen LogP contribution in [0.3, 0.4) is 0 Å². The van der Waals surface area contributed by atoms with Crippen LogP contribution in [0.1, 0.15) is 10.4 Å². The number of amidine groups is 1. The Bertz CT molecular complexity index is 827. The number of oxime groups is 1. The fraction of sp³-hybridized carbons (Fsp3) is 0.0625.